The van der Waals surface area contributed by atoms with Crippen LogP contribution in [0.3, 0.4) is 0 Å². The van der Waals surface area contributed by atoms with Crippen LogP contribution in [-0.4, -0.2) is 46.5 Å². The molecule has 8 heteroatoms. The highest BCUT2D eigenvalue weighted by Crippen LogP contribution is 2.24. The van der Waals surface area contributed by atoms with Crippen LogP contribution >= 0.6 is 10.7 Å². The van der Waals surface area contributed by atoms with Gasteiger partial charge in [-0.15, -0.1) is 0 Å². The molecule has 0 heterocycles. The normalized spacial score (nSPS) is 11.5. The van der Waals surface area contributed by atoms with Crippen LogP contribution in [0.15, 0.2) is 17.0 Å². The molecule has 21 heavy (non-hydrogen) atoms. The summed E-state index contributed by atoms with van der Waals surface area (Å²) in [6.45, 7) is 2.32. The lowest BCUT2D eigenvalue weighted by atomic mass is 10.1. The van der Waals surface area contributed by atoms with Crippen molar-refractivity contribution < 1.29 is 22.3 Å². The van der Waals surface area contributed by atoms with Gasteiger partial charge in [0.05, 0.1) is 0 Å². The van der Waals surface area contributed by atoms with Crippen LogP contribution in [-0.2, 0) is 13.8 Å². The molecular weight excluding hydrogens is 321 g/mol. The van der Waals surface area contributed by atoms with Gasteiger partial charge in [-0.3, -0.25) is 4.79 Å². The van der Waals surface area contributed by atoms with Gasteiger partial charge in [-0.1, -0.05) is 0 Å². The fourth-order valence-corrected chi connectivity index (χ4v) is 2.79. The van der Waals surface area contributed by atoms with Gasteiger partial charge in [0.25, 0.3) is 15.0 Å². The Balaban J connectivity index is 3.09. The summed E-state index contributed by atoms with van der Waals surface area (Å²) < 4.78 is 41.4. The molecule has 0 fully saturated rings. The fraction of sp³-hybridized carbons (Fsp3) is 0.462. The van der Waals surface area contributed by atoms with Crippen LogP contribution in [0, 0.1) is 12.7 Å². The lowest BCUT2D eigenvalue weighted by molar-refractivity contribution is 0.0779. The van der Waals surface area contributed by atoms with Gasteiger partial charge < -0.3 is 9.64 Å². The SMILES string of the molecule is COCCCN(C)C(=O)c1cc(C)c(F)c(S(=O)(=O)Cl)c1. The zero-order valence-electron chi connectivity index (χ0n) is 12.0. The molecule has 5 nitrogen and oxygen atoms in total. The molecule has 0 saturated heterocycles. The highest BCUT2D eigenvalue weighted by molar-refractivity contribution is 8.13. The van der Waals surface area contributed by atoms with Gasteiger partial charge in [0.1, 0.15) is 10.7 Å². The molecule has 1 aromatic rings. The summed E-state index contributed by atoms with van der Waals surface area (Å²) >= 11 is 0. The largest absolute Gasteiger partial charge is 0.385 e. The first-order chi connectivity index (χ1) is 9.68. The number of hydrogen-bond donors (Lipinski definition) is 0. The van der Waals surface area contributed by atoms with Crippen molar-refractivity contribution in [3.8, 4) is 0 Å². The van der Waals surface area contributed by atoms with Gasteiger partial charge in [0, 0.05) is 43.6 Å². The van der Waals surface area contributed by atoms with E-state index in [-0.39, 0.29) is 11.1 Å². The Morgan fingerprint density at radius 1 is 1.43 bits per heavy atom. The Hall–Kier alpha value is -1.18. The third-order valence-electron chi connectivity index (χ3n) is 2.92. The minimum atomic E-state index is -4.25. The molecule has 0 aliphatic rings. The third-order valence-corrected chi connectivity index (χ3v) is 4.24. The lowest BCUT2D eigenvalue weighted by Gasteiger charge is -2.18. The zero-order valence-corrected chi connectivity index (χ0v) is 13.6. The van der Waals surface area contributed by atoms with E-state index < -0.39 is 25.7 Å². The minimum absolute atomic E-state index is 0.0466. The third kappa shape index (κ3) is 4.66. The van der Waals surface area contributed by atoms with E-state index in [1.54, 1.807) is 14.2 Å². The summed E-state index contributed by atoms with van der Waals surface area (Å²) in [5.41, 5.74) is 0.124. The molecule has 0 N–H and O–H groups in total. The summed E-state index contributed by atoms with van der Waals surface area (Å²) in [5.74, 6) is -1.35. The van der Waals surface area contributed by atoms with Gasteiger partial charge in [0.15, 0.2) is 0 Å². The number of hydrogen-bond acceptors (Lipinski definition) is 4. The predicted octanol–water partition coefficient (Wildman–Crippen LogP) is 2.17. The molecule has 118 valence electrons. The highest BCUT2D eigenvalue weighted by Gasteiger charge is 2.22. The number of amides is 1. The molecule has 0 spiro atoms. The molecule has 0 unspecified atom stereocenters. The smallest absolute Gasteiger partial charge is 0.264 e. The van der Waals surface area contributed by atoms with E-state index in [1.807, 2.05) is 0 Å². The van der Waals surface area contributed by atoms with Crippen molar-refractivity contribution in [2.45, 2.75) is 18.2 Å². The molecule has 0 radical (unpaired) electrons. The molecule has 1 aromatic carbocycles. The fourth-order valence-electron chi connectivity index (χ4n) is 1.81. The maximum absolute atomic E-state index is 13.8. The van der Waals surface area contributed by atoms with E-state index in [0.29, 0.717) is 19.6 Å². The van der Waals surface area contributed by atoms with Crippen molar-refractivity contribution in [2.75, 3.05) is 27.3 Å². The van der Waals surface area contributed by atoms with Gasteiger partial charge in [0.2, 0.25) is 0 Å². The van der Waals surface area contributed by atoms with Crippen molar-refractivity contribution in [3.05, 3.63) is 29.1 Å². The molecule has 1 rings (SSSR count). The molecule has 0 atom stereocenters. The maximum atomic E-state index is 13.8. The van der Waals surface area contributed by atoms with Crippen molar-refractivity contribution in [3.63, 3.8) is 0 Å². The number of aryl methyl sites for hydroxylation is 1. The van der Waals surface area contributed by atoms with Gasteiger partial charge in [-0.05, 0) is 31.0 Å². The van der Waals surface area contributed by atoms with E-state index in [4.69, 9.17) is 15.4 Å². The van der Waals surface area contributed by atoms with Crippen LogP contribution in [0.2, 0.25) is 0 Å². The standard InChI is InChI=1S/C13H17ClFNO4S/c1-9-7-10(8-11(12(9)15)21(14,18)19)13(17)16(2)5-4-6-20-3/h7-8H,4-6H2,1-3H3. The van der Waals surface area contributed by atoms with E-state index in [2.05, 4.69) is 0 Å². The number of carbonyl (C=O) groups is 1. The number of ether oxygens (including phenoxy) is 1. The Morgan fingerprint density at radius 3 is 2.57 bits per heavy atom. The number of benzene rings is 1. The van der Waals surface area contributed by atoms with Gasteiger partial charge in [-0.2, -0.15) is 0 Å². The number of nitrogens with zero attached hydrogens (tertiary/aromatic N) is 1. The van der Waals surface area contributed by atoms with Gasteiger partial charge in [-0.25, -0.2) is 12.8 Å². The molecule has 0 bridgehead atoms. The van der Waals surface area contributed by atoms with E-state index in [0.717, 1.165) is 6.07 Å². The molecule has 1 amide bonds. The molecule has 0 aliphatic heterocycles. The van der Waals surface area contributed by atoms with Crippen molar-refractivity contribution in [1.29, 1.82) is 0 Å². The second-order valence-electron chi connectivity index (χ2n) is 4.62. The summed E-state index contributed by atoms with van der Waals surface area (Å²) in [6.07, 6.45) is 0.638. The molecule has 0 aromatic heterocycles. The summed E-state index contributed by atoms with van der Waals surface area (Å²) in [6, 6.07) is 2.26. The summed E-state index contributed by atoms with van der Waals surface area (Å²) in [5, 5.41) is 0. The Labute approximate surface area is 128 Å². The first-order valence-corrected chi connectivity index (χ1v) is 8.48. The maximum Gasteiger partial charge on any atom is 0.264 e. The topological polar surface area (TPSA) is 63.7 Å². The average molecular weight is 338 g/mol. The predicted molar refractivity (Wildman–Crippen MR) is 77.6 cm³/mol. The Morgan fingerprint density at radius 2 is 2.05 bits per heavy atom. The quantitative estimate of drug-likeness (QED) is 0.589. The molecular formula is C13H17ClFNO4S. The lowest BCUT2D eigenvalue weighted by Crippen LogP contribution is -2.28. The molecule has 0 aliphatic carbocycles. The van der Waals surface area contributed by atoms with Crippen LogP contribution < -0.4 is 0 Å². The average Bonchev–Trinajstić information content (AvgIpc) is 2.39. The molecule has 0 saturated carbocycles. The second-order valence-corrected chi connectivity index (χ2v) is 7.15. The highest BCUT2D eigenvalue weighted by atomic mass is 35.7. The number of carbonyl (C=O) groups excluding carboxylic acids is 1. The number of halogens is 2. The van der Waals surface area contributed by atoms with E-state index >= 15 is 0 Å². The van der Waals surface area contributed by atoms with Crippen molar-refractivity contribution in [1.82, 2.24) is 4.90 Å². The van der Waals surface area contributed by atoms with Crippen molar-refractivity contribution in [2.24, 2.45) is 0 Å². The van der Waals surface area contributed by atoms with E-state index in [9.17, 15) is 17.6 Å². The minimum Gasteiger partial charge on any atom is -0.385 e. The van der Waals surface area contributed by atoms with Crippen LogP contribution in [0.1, 0.15) is 22.3 Å². The first kappa shape index (κ1) is 17.9. The van der Waals surface area contributed by atoms with Crippen LogP contribution in [0.25, 0.3) is 0 Å². The Bertz CT molecular complexity index is 633. The summed E-state index contributed by atoms with van der Waals surface area (Å²) in [7, 11) is 4.07. The Kier molecular flexibility index (Phi) is 6.12. The van der Waals surface area contributed by atoms with Crippen LogP contribution in [0.5, 0.6) is 0 Å². The van der Waals surface area contributed by atoms with Crippen molar-refractivity contribution >= 4 is 25.6 Å². The monoisotopic (exact) mass is 337 g/mol. The van der Waals surface area contributed by atoms with Crippen LogP contribution in [0.4, 0.5) is 4.39 Å². The van der Waals surface area contributed by atoms with Gasteiger partial charge >= 0.3 is 0 Å². The first-order valence-electron chi connectivity index (χ1n) is 6.17. The zero-order chi connectivity index (χ0) is 16.2. The number of rotatable bonds is 6. The van der Waals surface area contributed by atoms with E-state index in [1.165, 1.54) is 17.9 Å². The second kappa shape index (κ2) is 7.20. The number of methoxy groups -OCH3 is 1. The summed E-state index contributed by atoms with van der Waals surface area (Å²) in [4.78, 5) is 12.9.